The van der Waals surface area contributed by atoms with Gasteiger partial charge in [0.25, 0.3) is 5.56 Å². The number of hydrogen-bond acceptors (Lipinski definition) is 2. The summed E-state index contributed by atoms with van der Waals surface area (Å²) in [5.74, 6) is 0.612. The van der Waals surface area contributed by atoms with E-state index in [2.05, 4.69) is 22.9 Å². The molecule has 4 nitrogen and oxygen atoms in total. The molecule has 0 aliphatic heterocycles. The molecule has 0 spiro atoms. The fourth-order valence-corrected chi connectivity index (χ4v) is 3.98. The van der Waals surface area contributed by atoms with Crippen LogP contribution in [0.25, 0.3) is 39.6 Å². The van der Waals surface area contributed by atoms with Gasteiger partial charge in [0.2, 0.25) is 0 Å². The van der Waals surface area contributed by atoms with Gasteiger partial charge >= 0.3 is 0 Å². The van der Waals surface area contributed by atoms with Crippen molar-refractivity contribution in [1.29, 1.82) is 0 Å². The second-order valence-electron chi connectivity index (χ2n) is 7.46. The van der Waals surface area contributed by atoms with Crippen molar-refractivity contribution in [2.45, 2.75) is 6.92 Å². The van der Waals surface area contributed by atoms with Crippen LogP contribution in [0.5, 0.6) is 0 Å². The Morgan fingerprint density at radius 2 is 1.53 bits per heavy atom. The lowest BCUT2D eigenvalue weighted by Gasteiger charge is -2.13. The third-order valence-electron chi connectivity index (χ3n) is 5.50. The molecule has 5 aromatic rings. The monoisotopic (exact) mass is 391 g/mol. The molecule has 0 saturated carbocycles. The summed E-state index contributed by atoms with van der Waals surface area (Å²) in [5, 5.41) is 1.78. The zero-order chi connectivity index (χ0) is 20.7. The van der Waals surface area contributed by atoms with Crippen LogP contribution in [0, 0.1) is 6.92 Å². The molecule has 0 radical (unpaired) electrons. The van der Waals surface area contributed by atoms with E-state index < -0.39 is 0 Å². The quantitative estimate of drug-likeness (QED) is 0.416. The van der Waals surface area contributed by atoms with Crippen molar-refractivity contribution in [3.63, 3.8) is 0 Å². The lowest BCUT2D eigenvalue weighted by Crippen LogP contribution is -2.23. The average molecular weight is 391 g/mol. The van der Waals surface area contributed by atoms with Gasteiger partial charge in [-0.1, -0.05) is 48.5 Å². The normalized spacial score (nSPS) is 11.7. The first kappa shape index (κ1) is 18.1. The molecule has 0 bridgehead atoms. The number of benzene rings is 3. The summed E-state index contributed by atoms with van der Waals surface area (Å²) in [6, 6.07) is 23.7. The standard InChI is InChI=1S/C26H21N3O/c1-18-9-3-7-13-23(18)29-25(27-22-12-6-4-11-21(22)26(29)30)16-15-19-17-28(2)24-14-8-5-10-20(19)24/h3-17H,1-2H3/b16-15+. The molecule has 0 fully saturated rings. The van der Waals surface area contributed by atoms with Crippen LogP contribution in [-0.2, 0) is 7.05 Å². The maximum absolute atomic E-state index is 13.4. The van der Waals surface area contributed by atoms with Gasteiger partial charge in [-0.05, 0) is 48.9 Å². The Labute approximate surface area is 174 Å². The van der Waals surface area contributed by atoms with Gasteiger partial charge in [-0.25, -0.2) is 4.98 Å². The van der Waals surface area contributed by atoms with Gasteiger partial charge in [0.15, 0.2) is 0 Å². The van der Waals surface area contributed by atoms with E-state index in [0.29, 0.717) is 16.7 Å². The Balaban J connectivity index is 1.76. The highest BCUT2D eigenvalue weighted by Gasteiger charge is 2.12. The van der Waals surface area contributed by atoms with Crippen LogP contribution in [0.1, 0.15) is 17.0 Å². The molecule has 0 aliphatic carbocycles. The molecule has 2 aromatic heterocycles. The Bertz CT molecular complexity index is 1490. The Morgan fingerprint density at radius 3 is 2.37 bits per heavy atom. The van der Waals surface area contributed by atoms with Gasteiger partial charge in [-0.2, -0.15) is 0 Å². The molecule has 5 rings (SSSR count). The topological polar surface area (TPSA) is 39.8 Å². The van der Waals surface area contributed by atoms with Gasteiger partial charge in [0.05, 0.1) is 16.6 Å². The average Bonchev–Trinajstić information content (AvgIpc) is 3.09. The molecule has 3 aromatic carbocycles. The minimum atomic E-state index is -0.0625. The van der Waals surface area contributed by atoms with Crippen molar-refractivity contribution in [3.8, 4) is 5.69 Å². The number of fused-ring (bicyclic) bond motifs is 2. The summed E-state index contributed by atoms with van der Waals surface area (Å²) >= 11 is 0. The second kappa shape index (κ2) is 7.16. The summed E-state index contributed by atoms with van der Waals surface area (Å²) in [6.45, 7) is 2.01. The van der Waals surface area contributed by atoms with Gasteiger partial charge in [-0.15, -0.1) is 0 Å². The predicted molar refractivity (Wildman–Crippen MR) is 124 cm³/mol. The van der Waals surface area contributed by atoms with Crippen LogP contribution >= 0.6 is 0 Å². The number of para-hydroxylation sites is 3. The van der Waals surface area contributed by atoms with E-state index in [9.17, 15) is 4.79 Å². The Morgan fingerprint density at radius 1 is 0.833 bits per heavy atom. The highest BCUT2D eigenvalue weighted by molar-refractivity contribution is 5.92. The first-order valence-electron chi connectivity index (χ1n) is 9.93. The van der Waals surface area contributed by atoms with Crippen molar-refractivity contribution in [2.24, 2.45) is 7.05 Å². The van der Waals surface area contributed by atoms with E-state index in [1.807, 2.05) is 86.8 Å². The van der Waals surface area contributed by atoms with E-state index >= 15 is 0 Å². The summed E-state index contributed by atoms with van der Waals surface area (Å²) in [7, 11) is 2.04. The molecule has 146 valence electrons. The molecule has 0 N–H and O–H groups in total. The highest BCUT2D eigenvalue weighted by Crippen LogP contribution is 2.23. The molecule has 0 unspecified atom stereocenters. The first-order chi connectivity index (χ1) is 14.6. The van der Waals surface area contributed by atoms with Crippen molar-refractivity contribution >= 4 is 34.0 Å². The van der Waals surface area contributed by atoms with Crippen LogP contribution in [0.4, 0.5) is 0 Å². The third kappa shape index (κ3) is 2.94. The molecule has 30 heavy (non-hydrogen) atoms. The number of hydrogen-bond donors (Lipinski definition) is 0. The fourth-order valence-electron chi connectivity index (χ4n) is 3.98. The van der Waals surface area contributed by atoms with Gasteiger partial charge in [-0.3, -0.25) is 9.36 Å². The van der Waals surface area contributed by atoms with E-state index in [4.69, 9.17) is 4.98 Å². The van der Waals surface area contributed by atoms with Crippen molar-refractivity contribution in [3.05, 3.63) is 106 Å². The lowest BCUT2D eigenvalue weighted by molar-refractivity contribution is 0.934. The van der Waals surface area contributed by atoms with Crippen molar-refractivity contribution < 1.29 is 0 Å². The maximum atomic E-state index is 13.4. The zero-order valence-corrected chi connectivity index (χ0v) is 16.9. The minimum Gasteiger partial charge on any atom is -0.350 e. The predicted octanol–water partition coefficient (Wildman–Crippen LogP) is 5.36. The van der Waals surface area contributed by atoms with Crippen LogP contribution < -0.4 is 5.56 Å². The van der Waals surface area contributed by atoms with Crippen molar-refractivity contribution in [1.82, 2.24) is 14.1 Å². The van der Waals surface area contributed by atoms with Gasteiger partial charge in [0, 0.05) is 29.7 Å². The molecule has 0 amide bonds. The molecule has 0 aliphatic rings. The smallest absolute Gasteiger partial charge is 0.266 e. The largest absolute Gasteiger partial charge is 0.350 e. The summed E-state index contributed by atoms with van der Waals surface area (Å²) in [6.07, 6.45) is 6.06. The number of nitrogens with zero attached hydrogens (tertiary/aromatic N) is 3. The summed E-state index contributed by atoms with van der Waals surface area (Å²) in [4.78, 5) is 18.2. The molecule has 0 atom stereocenters. The third-order valence-corrected chi connectivity index (χ3v) is 5.50. The van der Waals surface area contributed by atoms with Crippen molar-refractivity contribution in [2.75, 3.05) is 0 Å². The summed E-state index contributed by atoms with van der Waals surface area (Å²) < 4.78 is 3.82. The Hall–Kier alpha value is -3.92. The molecule has 2 heterocycles. The Kier molecular flexibility index (Phi) is 4.32. The number of aromatic nitrogens is 3. The van der Waals surface area contributed by atoms with E-state index in [-0.39, 0.29) is 5.56 Å². The van der Waals surface area contributed by atoms with E-state index in [1.54, 1.807) is 4.57 Å². The maximum Gasteiger partial charge on any atom is 0.266 e. The fraction of sp³-hybridized carbons (Fsp3) is 0.0769. The van der Waals surface area contributed by atoms with Crippen LogP contribution in [-0.4, -0.2) is 14.1 Å². The van der Waals surface area contributed by atoms with Crippen LogP contribution in [0.3, 0.4) is 0 Å². The number of aryl methyl sites for hydroxylation is 2. The van der Waals surface area contributed by atoms with E-state index in [0.717, 1.165) is 16.8 Å². The van der Waals surface area contributed by atoms with Crippen LogP contribution in [0.15, 0.2) is 83.8 Å². The number of rotatable bonds is 3. The first-order valence-corrected chi connectivity index (χ1v) is 9.93. The van der Waals surface area contributed by atoms with Gasteiger partial charge < -0.3 is 4.57 Å². The zero-order valence-electron chi connectivity index (χ0n) is 16.9. The van der Waals surface area contributed by atoms with Crippen LogP contribution in [0.2, 0.25) is 0 Å². The molecule has 4 heteroatoms. The molecular weight excluding hydrogens is 370 g/mol. The van der Waals surface area contributed by atoms with Gasteiger partial charge in [0.1, 0.15) is 5.82 Å². The highest BCUT2D eigenvalue weighted by atomic mass is 16.1. The molecular formula is C26H21N3O. The second-order valence-corrected chi connectivity index (χ2v) is 7.46. The molecule has 0 saturated heterocycles. The minimum absolute atomic E-state index is 0.0625. The van der Waals surface area contributed by atoms with E-state index in [1.165, 1.54) is 10.9 Å². The summed E-state index contributed by atoms with van der Waals surface area (Å²) in [5.41, 5.74) is 4.76. The lowest BCUT2D eigenvalue weighted by atomic mass is 10.1. The SMILES string of the molecule is Cc1ccccc1-n1c(/C=C/c2cn(C)c3ccccc23)nc2ccccc2c1=O.